The number of anilines is 1. The SMILES string of the molecule is NNc1cnc(Cn2cc(C(F)(F)F)cn2)cn1. The lowest BCUT2D eigenvalue weighted by Gasteiger charge is -2.03. The monoisotopic (exact) mass is 258 g/mol. The van der Waals surface area contributed by atoms with Crippen molar-refractivity contribution in [2.24, 2.45) is 5.84 Å². The molecule has 96 valence electrons. The summed E-state index contributed by atoms with van der Waals surface area (Å²) in [7, 11) is 0. The normalized spacial score (nSPS) is 11.6. The average Bonchev–Trinajstić information content (AvgIpc) is 2.78. The van der Waals surface area contributed by atoms with E-state index in [0.29, 0.717) is 11.5 Å². The van der Waals surface area contributed by atoms with Crippen LogP contribution in [0.1, 0.15) is 11.3 Å². The number of hydrazine groups is 1. The Morgan fingerprint density at radius 3 is 2.50 bits per heavy atom. The zero-order valence-electron chi connectivity index (χ0n) is 9.02. The predicted molar refractivity (Wildman–Crippen MR) is 56.2 cm³/mol. The van der Waals surface area contributed by atoms with Crippen LogP contribution in [-0.2, 0) is 12.7 Å². The fraction of sp³-hybridized carbons (Fsp3) is 0.222. The zero-order valence-corrected chi connectivity index (χ0v) is 9.02. The van der Waals surface area contributed by atoms with Gasteiger partial charge in [-0.05, 0) is 0 Å². The molecule has 6 nitrogen and oxygen atoms in total. The number of nitrogens with one attached hydrogen (secondary N) is 1. The number of nitrogen functional groups attached to an aromatic ring is 1. The average molecular weight is 258 g/mol. The molecule has 2 rings (SSSR count). The number of hydrogen-bond donors (Lipinski definition) is 2. The van der Waals surface area contributed by atoms with E-state index in [9.17, 15) is 13.2 Å². The number of hydrogen-bond acceptors (Lipinski definition) is 5. The summed E-state index contributed by atoms with van der Waals surface area (Å²) in [5, 5.41) is 3.61. The third kappa shape index (κ3) is 2.74. The Balaban J connectivity index is 2.11. The Hall–Kier alpha value is -2.16. The van der Waals surface area contributed by atoms with Crippen molar-refractivity contribution in [1.82, 2.24) is 19.7 Å². The quantitative estimate of drug-likeness (QED) is 0.634. The number of aromatic nitrogens is 4. The predicted octanol–water partition coefficient (Wildman–Crippen LogP) is 1.03. The summed E-state index contributed by atoms with van der Waals surface area (Å²) >= 11 is 0. The molecule has 0 radical (unpaired) electrons. The molecule has 0 spiro atoms. The lowest BCUT2D eigenvalue weighted by molar-refractivity contribution is -0.137. The third-order valence-corrected chi connectivity index (χ3v) is 2.14. The minimum Gasteiger partial charge on any atom is -0.307 e. The fourth-order valence-electron chi connectivity index (χ4n) is 1.27. The lowest BCUT2D eigenvalue weighted by Crippen LogP contribution is -2.10. The minimum absolute atomic E-state index is 0.105. The van der Waals surface area contributed by atoms with E-state index in [0.717, 1.165) is 17.1 Å². The van der Waals surface area contributed by atoms with Crippen LogP contribution in [0.2, 0.25) is 0 Å². The molecule has 0 aliphatic heterocycles. The summed E-state index contributed by atoms with van der Waals surface area (Å²) in [6, 6.07) is 0. The summed E-state index contributed by atoms with van der Waals surface area (Å²) in [6.45, 7) is 0.105. The Kier molecular flexibility index (Phi) is 3.15. The molecule has 0 saturated carbocycles. The summed E-state index contributed by atoms with van der Waals surface area (Å²) in [4.78, 5) is 7.86. The summed E-state index contributed by atoms with van der Waals surface area (Å²) < 4.78 is 38.1. The van der Waals surface area contributed by atoms with Crippen LogP contribution < -0.4 is 11.3 Å². The highest BCUT2D eigenvalue weighted by Crippen LogP contribution is 2.28. The topological polar surface area (TPSA) is 81.6 Å². The Bertz CT molecular complexity index is 518. The number of halogens is 3. The molecular formula is C9H9F3N6. The van der Waals surface area contributed by atoms with Crippen LogP contribution in [0.5, 0.6) is 0 Å². The Labute approximate surface area is 99.6 Å². The highest BCUT2D eigenvalue weighted by atomic mass is 19.4. The highest BCUT2D eigenvalue weighted by molar-refractivity contribution is 5.28. The maximum Gasteiger partial charge on any atom is 0.419 e. The molecule has 3 N–H and O–H groups in total. The van der Waals surface area contributed by atoms with Crippen LogP contribution in [-0.4, -0.2) is 19.7 Å². The van der Waals surface area contributed by atoms with E-state index < -0.39 is 11.7 Å². The largest absolute Gasteiger partial charge is 0.419 e. The molecule has 0 aromatic carbocycles. The van der Waals surface area contributed by atoms with Gasteiger partial charge in [-0.2, -0.15) is 18.3 Å². The van der Waals surface area contributed by atoms with Gasteiger partial charge in [0.25, 0.3) is 0 Å². The first-order valence-corrected chi connectivity index (χ1v) is 4.86. The van der Waals surface area contributed by atoms with Crippen molar-refractivity contribution in [3.63, 3.8) is 0 Å². The second-order valence-electron chi connectivity index (χ2n) is 3.46. The van der Waals surface area contributed by atoms with Crippen molar-refractivity contribution in [2.45, 2.75) is 12.7 Å². The summed E-state index contributed by atoms with van der Waals surface area (Å²) in [6.07, 6.45) is 0.0743. The van der Waals surface area contributed by atoms with E-state index in [1.54, 1.807) is 0 Å². The van der Waals surface area contributed by atoms with Crippen LogP contribution >= 0.6 is 0 Å². The molecule has 2 aromatic heterocycles. The van der Waals surface area contributed by atoms with Gasteiger partial charge in [0.2, 0.25) is 0 Å². The Morgan fingerprint density at radius 1 is 1.22 bits per heavy atom. The summed E-state index contributed by atoms with van der Waals surface area (Å²) in [5.41, 5.74) is 1.98. The second kappa shape index (κ2) is 4.61. The van der Waals surface area contributed by atoms with Crippen molar-refractivity contribution in [3.05, 3.63) is 36.0 Å². The van der Waals surface area contributed by atoms with Gasteiger partial charge in [0.15, 0.2) is 5.82 Å². The molecule has 0 bridgehead atoms. The van der Waals surface area contributed by atoms with Crippen molar-refractivity contribution >= 4 is 5.82 Å². The van der Waals surface area contributed by atoms with Crippen molar-refractivity contribution < 1.29 is 13.2 Å². The molecule has 0 aliphatic rings. The Morgan fingerprint density at radius 2 is 2.00 bits per heavy atom. The number of rotatable bonds is 3. The standard InChI is InChI=1S/C9H9F3N6/c10-9(11,12)6-1-16-18(4-6)5-7-2-15-8(17-13)3-14-7/h1-4H,5,13H2,(H,15,17). The van der Waals surface area contributed by atoms with E-state index in [2.05, 4.69) is 20.5 Å². The molecule has 0 amide bonds. The molecule has 0 aliphatic carbocycles. The van der Waals surface area contributed by atoms with Gasteiger partial charge in [-0.1, -0.05) is 0 Å². The lowest BCUT2D eigenvalue weighted by atomic mass is 10.3. The molecular weight excluding hydrogens is 249 g/mol. The molecule has 2 aromatic rings. The van der Waals surface area contributed by atoms with Crippen molar-refractivity contribution in [1.29, 1.82) is 0 Å². The maximum absolute atomic E-state index is 12.3. The minimum atomic E-state index is -4.39. The highest BCUT2D eigenvalue weighted by Gasteiger charge is 2.32. The van der Waals surface area contributed by atoms with Crippen LogP contribution in [0, 0.1) is 0 Å². The molecule has 0 atom stereocenters. The molecule has 2 heterocycles. The van der Waals surface area contributed by atoms with E-state index in [4.69, 9.17) is 5.84 Å². The van der Waals surface area contributed by atoms with Crippen molar-refractivity contribution in [3.8, 4) is 0 Å². The smallest absolute Gasteiger partial charge is 0.307 e. The van der Waals surface area contributed by atoms with Crippen molar-refractivity contribution in [2.75, 3.05) is 5.43 Å². The van der Waals surface area contributed by atoms with Gasteiger partial charge in [0.05, 0.1) is 36.4 Å². The van der Waals surface area contributed by atoms with Gasteiger partial charge in [-0.3, -0.25) is 9.67 Å². The van der Waals surface area contributed by atoms with E-state index >= 15 is 0 Å². The fourth-order valence-corrected chi connectivity index (χ4v) is 1.27. The van der Waals surface area contributed by atoms with E-state index in [1.807, 2.05) is 0 Å². The first-order chi connectivity index (χ1) is 8.49. The molecule has 9 heteroatoms. The first-order valence-electron chi connectivity index (χ1n) is 4.86. The van der Waals surface area contributed by atoms with Crippen LogP contribution in [0.15, 0.2) is 24.8 Å². The molecule has 18 heavy (non-hydrogen) atoms. The van der Waals surface area contributed by atoms with Crippen LogP contribution in [0.3, 0.4) is 0 Å². The zero-order chi connectivity index (χ0) is 13.2. The first kappa shape index (κ1) is 12.3. The van der Waals surface area contributed by atoms with Gasteiger partial charge in [-0.15, -0.1) is 0 Å². The van der Waals surface area contributed by atoms with Gasteiger partial charge in [0, 0.05) is 6.20 Å². The van der Waals surface area contributed by atoms with Gasteiger partial charge in [-0.25, -0.2) is 10.8 Å². The number of alkyl halides is 3. The molecule has 0 saturated heterocycles. The third-order valence-electron chi connectivity index (χ3n) is 2.14. The van der Waals surface area contributed by atoms with E-state index in [-0.39, 0.29) is 6.54 Å². The van der Waals surface area contributed by atoms with Gasteiger partial charge in [0.1, 0.15) is 0 Å². The second-order valence-corrected chi connectivity index (χ2v) is 3.46. The molecule has 0 fully saturated rings. The summed E-state index contributed by atoms with van der Waals surface area (Å²) in [5.74, 6) is 5.48. The van der Waals surface area contributed by atoms with Crippen LogP contribution in [0.4, 0.5) is 19.0 Å². The van der Waals surface area contributed by atoms with Gasteiger partial charge >= 0.3 is 6.18 Å². The number of nitrogens with zero attached hydrogens (tertiary/aromatic N) is 4. The van der Waals surface area contributed by atoms with Gasteiger partial charge < -0.3 is 5.43 Å². The molecule has 0 unspecified atom stereocenters. The number of nitrogens with two attached hydrogens (primary N) is 1. The van der Waals surface area contributed by atoms with Crippen LogP contribution in [0.25, 0.3) is 0 Å². The maximum atomic E-state index is 12.3. The van der Waals surface area contributed by atoms with E-state index in [1.165, 1.54) is 12.4 Å².